The second kappa shape index (κ2) is 7.09. The van der Waals surface area contributed by atoms with Crippen LogP contribution in [-0.2, 0) is 0 Å². The van der Waals surface area contributed by atoms with Crippen molar-refractivity contribution in [3.05, 3.63) is 53.3 Å². The molecule has 0 aliphatic heterocycles. The zero-order chi connectivity index (χ0) is 15.2. The smallest absolute Gasteiger partial charge is 0.161 e. The molecule has 2 N–H and O–H groups in total. The minimum absolute atomic E-state index is 0.229. The van der Waals surface area contributed by atoms with Gasteiger partial charge in [0.25, 0.3) is 0 Å². The van der Waals surface area contributed by atoms with Crippen molar-refractivity contribution in [3.8, 4) is 11.5 Å². The predicted molar refractivity (Wildman–Crippen MR) is 83.8 cm³/mol. The third kappa shape index (κ3) is 3.73. The van der Waals surface area contributed by atoms with Crippen molar-refractivity contribution in [1.29, 1.82) is 0 Å². The number of aromatic nitrogens is 1. The van der Waals surface area contributed by atoms with Crippen molar-refractivity contribution in [2.75, 3.05) is 13.2 Å². The van der Waals surface area contributed by atoms with Crippen molar-refractivity contribution >= 4 is 0 Å². The monoisotopic (exact) mass is 286 g/mol. The van der Waals surface area contributed by atoms with E-state index in [9.17, 15) is 0 Å². The molecule has 0 saturated carbocycles. The van der Waals surface area contributed by atoms with Gasteiger partial charge in [-0.25, -0.2) is 0 Å². The van der Waals surface area contributed by atoms with Gasteiger partial charge >= 0.3 is 0 Å². The van der Waals surface area contributed by atoms with Gasteiger partial charge in [0, 0.05) is 12.4 Å². The Balaban J connectivity index is 2.32. The van der Waals surface area contributed by atoms with Crippen LogP contribution in [0.15, 0.2) is 36.7 Å². The van der Waals surface area contributed by atoms with Gasteiger partial charge in [-0.3, -0.25) is 4.98 Å². The number of nitrogens with two attached hydrogens (primary N) is 1. The highest BCUT2D eigenvalue weighted by molar-refractivity contribution is 5.45. The van der Waals surface area contributed by atoms with E-state index in [0.29, 0.717) is 13.2 Å². The number of hydrogen-bond donors (Lipinski definition) is 1. The van der Waals surface area contributed by atoms with Crippen LogP contribution in [0.25, 0.3) is 0 Å². The molecule has 0 amide bonds. The first-order chi connectivity index (χ1) is 10.2. The molecule has 0 radical (unpaired) electrons. The molecule has 21 heavy (non-hydrogen) atoms. The van der Waals surface area contributed by atoms with E-state index in [-0.39, 0.29) is 6.04 Å². The first-order valence-electron chi connectivity index (χ1n) is 7.22. The number of hydrogen-bond acceptors (Lipinski definition) is 4. The number of rotatable bonds is 6. The highest BCUT2D eigenvalue weighted by Gasteiger charge is 2.13. The Labute approximate surface area is 125 Å². The van der Waals surface area contributed by atoms with Crippen LogP contribution >= 0.6 is 0 Å². The summed E-state index contributed by atoms with van der Waals surface area (Å²) in [4.78, 5) is 4.20. The lowest BCUT2D eigenvalue weighted by Gasteiger charge is -2.16. The summed E-state index contributed by atoms with van der Waals surface area (Å²) >= 11 is 0. The standard InChI is InChI=1S/C17H22N2O2/c1-4-20-15-7-6-13(9-16(15)21-5-2)17(18)14-8-12(3)10-19-11-14/h6-11,17H,4-5,18H2,1-3H3. The molecule has 0 fully saturated rings. The number of benzene rings is 1. The molecule has 1 heterocycles. The lowest BCUT2D eigenvalue weighted by Crippen LogP contribution is -2.13. The molecule has 1 atom stereocenters. The average Bonchev–Trinajstić information content (AvgIpc) is 2.49. The van der Waals surface area contributed by atoms with Gasteiger partial charge in [-0.15, -0.1) is 0 Å². The second-order valence-electron chi connectivity index (χ2n) is 4.85. The Bertz CT molecular complexity index is 599. The number of ether oxygens (including phenoxy) is 2. The highest BCUT2D eigenvalue weighted by atomic mass is 16.5. The van der Waals surface area contributed by atoms with Crippen LogP contribution in [0.3, 0.4) is 0 Å². The maximum atomic E-state index is 6.34. The van der Waals surface area contributed by atoms with E-state index in [1.165, 1.54) is 0 Å². The first kappa shape index (κ1) is 15.3. The third-order valence-corrected chi connectivity index (χ3v) is 3.18. The maximum absolute atomic E-state index is 6.34. The topological polar surface area (TPSA) is 57.4 Å². The van der Waals surface area contributed by atoms with Gasteiger partial charge in [-0.05, 0) is 49.6 Å². The number of aryl methyl sites for hydroxylation is 1. The van der Waals surface area contributed by atoms with E-state index in [1.807, 2.05) is 45.2 Å². The summed E-state index contributed by atoms with van der Waals surface area (Å²) in [6, 6.07) is 7.65. The summed E-state index contributed by atoms with van der Waals surface area (Å²) in [5.74, 6) is 1.48. The molecule has 0 aliphatic carbocycles. The van der Waals surface area contributed by atoms with Crippen LogP contribution in [0.2, 0.25) is 0 Å². The number of nitrogens with zero attached hydrogens (tertiary/aromatic N) is 1. The summed E-state index contributed by atoms with van der Waals surface area (Å²) in [6.45, 7) is 7.10. The van der Waals surface area contributed by atoms with Crippen LogP contribution in [0, 0.1) is 6.92 Å². The van der Waals surface area contributed by atoms with E-state index in [2.05, 4.69) is 11.1 Å². The molecule has 0 bridgehead atoms. The Hall–Kier alpha value is -2.07. The molecular formula is C17H22N2O2. The van der Waals surface area contributed by atoms with Crippen LogP contribution in [-0.4, -0.2) is 18.2 Å². The van der Waals surface area contributed by atoms with Gasteiger partial charge < -0.3 is 15.2 Å². The Morgan fingerprint density at radius 2 is 1.71 bits per heavy atom. The Kier molecular flexibility index (Phi) is 5.17. The van der Waals surface area contributed by atoms with E-state index < -0.39 is 0 Å². The lowest BCUT2D eigenvalue weighted by molar-refractivity contribution is 0.287. The zero-order valence-electron chi connectivity index (χ0n) is 12.8. The molecule has 0 saturated heterocycles. The molecule has 4 heteroatoms. The molecule has 1 unspecified atom stereocenters. The lowest BCUT2D eigenvalue weighted by atomic mass is 10.00. The van der Waals surface area contributed by atoms with Gasteiger partial charge in [0.2, 0.25) is 0 Å². The van der Waals surface area contributed by atoms with Crippen LogP contribution in [0.1, 0.15) is 36.6 Å². The van der Waals surface area contributed by atoms with Crippen LogP contribution in [0.5, 0.6) is 11.5 Å². The van der Waals surface area contributed by atoms with Crippen LogP contribution < -0.4 is 15.2 Å². The summed E-state index contributed by atoms with van der Waals surface area (Å²) in [5, 5.41) is 0. The van der Waals surface area contributed by atoms with Crippen molar-refractivity contribution in [3.63, 3.8) is 0 Å². The molecule has 2 aromatic rings. The van der Waals surface area contributed by atoms with Crippen LogP contribution in [0.4, 0.5) is 0 Å². The third-order valence-electron chi connectivity index (χ3n) is 3.18. The van der Waals surface area contributed by atoms with Gasteiger partial charge in [0.15, 0.2) is 11.5 Å². The quantitative estimate of drug-likeness (QED) is 0.885. The molecule has 112 valence electrons. The van der Waals surface area contributed by atoms with E-state index in [0.717, 1.165) is 28.2 Å². The normalized spacial score (nSPS) is 12.0. The fourth-order valence-corrected chi connectivity index (χ4v) is 2.20. The van der Waals surface area contributed by atoms with Crippen molar-refractivity contribution in [2.24, 2.45) is 5.73 Å². The molecule has 1 aromatic heterocycles. The minimum atomic E-state index is -0.229. The van der Waals surface area contributed by atoms with Crippen molar-refractivity contribution < 1.29 is 9.47 Å². The van der Waals surface area contributed by atoms with Gasteiger partial charge in [0.05, 0.1) is 19.3 Å². The van der Waals surface area contributed by atoms with Gasteiger partial charge in [-0.1, -0.05) is 12.1 Å². The number of pyridine rings is 1. The fraction of sp³-hybridized carbons (Fsp3) is 0.353. The van der Waals surface area contributed by atoms with Crippen molar-refractivity contribution in [2.45, 2.75) is 26.8 Å². The summed E-state index contributed by atoms with van der Waals surface area (Å²) < 4.78 is 11.2. The molecule has 4 nitrogen and oxygen atoms in total. The molecular weight excluding hydrogens is 264 g/mol. The minimum Gasteiger partial charge on any atom is -0.490 e. The predicted octanol–water partition coefficient (Wildman–Crippen LogP) is 3.24. The largest absolute Gasteiger partial charge is 0.490 e. The first-order valence-corrected chi connectivity index (χ1v) is 7.22. The molecule has 2 rings (SSSR count). The van der Waals surface area contributed by atoms with Gasteiger partial charge in [0.1, 0.15) is 0 Å². The van der Waals surface area contributed by atoms with E-state index >= 15 is 0 Å². The summed E-state index contributed by atoms with van der Waals surface area (Å²) in [5.41, 5.74) is 9.40. The van der Waals surface area contributed by atoms with E-state index in [1.54, 1.807) is 6.20 Å². The Morgan fingerprint density at radius 1 is 1.00 bits per heavy atom. The molecule has 0 aliphatic rings. The second-order valence-corrected chi connectivity index (χ2v) is 4.85. The zero-order valence-corrected chi connectivity index (χ0v) is 12.8. The summed E-state index contributed by atoms with van der Waals surface area (Å²) in [6.07, 6.45) is 3.62. The maximum Gasteiger partial charge on any atom is 0.161 e. The van der Waals surface area contributed by atoms with E-state index in [4.69, 9.17) is 15.2 Å². The Morgan fingerprint density at radius 3 is 2.38 bits per heavy atom. The summed E-state index contributed by atoms with van der Waals surface area (Å²) in [7, 11) is 0. The highest BCUT2D eigenvalue weighted by Crippen LogP contribution is 2.32. The molecule has 1 aromatic carbocycles. The van der Waals surface area contributed by atoms with Gasteiger partial charge in [-0.2, -0.15) is 0 Å². The fourth-order valence-electron chi connectivity index (χ4n) is 2.20. The average molecular weight is 286 g/mol. The molecule has 0 spiro atoms. The van der Waals surface area contributed by atoms with Crippen molar-refractivity contribution in [1.82, 2.24) is 4.98 Å². The SMILES string of the molecule is CCOc1ccc(C(N)c2cncc(C)c2)cc1OCC.